The third-order valence-corrected chi connectivity index (χ3v) is 5.08. The lowest BCUT2D eigenvalue weighted by Gasteiger charge is -2.24. The molecule has 28 heavy (non-hydrogen) atoms. The number of nitrogens with zero attached hydrogens (tertiary/aromatic N) is 2. The van der Waals surface area contributed by atoms with Gasteiger partial charge in [-0.1, -0.05) is 35.9 Å². The average molecular weight is 400 g/mol. The zero-order valence-electron chi connectivity index (χ0n) is 15.2. The number of hydrogen-bond acceptors (Lipinski definition) is 3. The minimum absolute atomic E-state index is 0.140. The molecule has 0 unspecified atom stereocenters. The summed E-state index contributed by atoms with van der Waals surface area (Å²) in [5.74, 6) is -0.582. The summed E-state index contributed by atoms with van der Waals surface area (Å²) in [5.41, 5.74) is 3.03. The molecule has 1 N–H and O–H groups in total. The number of amides is 1. The molecule has 0 saturated heterocycles. The summed E-state index contributed by atoms with van der Waals surface area (Å²) in [7, 11) is 0. The van der Waals surface area contributed by atoms with Gasteiger partial charge in [0.25, 0.3) is 5.91 Å². The maximum Gasteiger partial charge on any atom is 0.272 e. The minimum atomic E-state index is -0.306. The molecule has 4 rings (SSSR count). The van der Waals surface area contributed by atoms with Crippen LogP contribution >= 0.6 is 11.6 Å². The molecule has 0 aliphatic carbocycles. The Hall–Kier alpha value is -2.70. The molecule has 0 radical (unpaired) electrons. The van der Waals surface area contributed by atoms with Crippen molar-refractivity contribution in [2.75, 3.05) is 0 Å². The highest BCUT2D eigenvalue weighted by Gasteiger charge is 2.24. The van der Waals surface area contributed by atoms with Crippen molar-refractivity contribution in [3.8, 4) is 0 Å². The highest BCUT2D eigenvalue weighted by molar-refractivity contribution is 6.30. The minimum Gasteiger partial charge on any atom is -0.365 e. The summed E-state index contributed by atoms with van der Waals surface area (Å²) in [6.07, 6.45) is -0.140. The van der Waals surface area contributed by atoms with Gasteiger partial charge in [0.1, 0.15) is 11.9 Å². The fraction of sp³-hybridized carbons (Fsp3) is 0.238. The lowest BCUT2D eigenvalue weighted by Crippen LogP contribution is -2.27. The molecule has 7 heteroatoms. The number of carbonyl (C=O) groups excluding carboxylic acids is 1. The molecule has 1 amide bonds. The maximum atomic E-state index is 13.1. The van der Waals surface area contributed by atoms with Crippen molar-refractivity contribution in [2.45, 2.75) is 32.2 Å². The summed E-state index contributed by atoms with van der Waals surface area (Å²) in [6, 6.07) is 15.1. The van der Waals surface area contributed by atoms with E-state index in [4.69, 9.17) is 16.3 Å². The number of nitrogens with one attached hydrogen (secondary N) is 1. The predicted molar refractivity (Wildman–Crippen MR) is 103 cm³/mol. The second-order valence-corrected chi connectivity index (χ2v) is 7.24. The molecule has 3 aromatic rings. The first kappa shape index (κ1) is 18.7. The first-order valence-corrected chi connectivity index (χ1v) is 9.37. The molecule has 0 spiro atoms. The molecule has 0 saturated carbocycles. The van der Waals surface area contributed by atoms with Crippen LogP contribution in [0.4, 0.5) is 4.39 Å². The third-order valence-electron chi connectivity index (χ3n) is 4.83. The number of fused-ring (bicyclic) bond motifs is 1. The van der Waals surface area contributed by atoms with Gasteiger partial charge in [-0.2, -0.15) is 5.10 Å². The van der Waals surface area contributed by atoms with Crippen molar-refractivity contribution in [1.29, 1.82) is 0 Å². The Morgan fingerprint density at radius 3 is 2.68 bits per heavy atom. The van der Waals surface area contributed by atoms with Crippen molar-refractivity contribution in [3.63, 3.8) is 0 Å². The van der Waals surface area contributed by atoms with E-state index < -0.39 is 0 Å². The van der Waals surface area contributed by atoms with E-state index in [9.17, 15) is 9.18 Å². The van der Waals surface area contributed by atoms with Crippen LogP contribution in [-0.4, -0.2) is 15.7 Å². The van der Waals surface area contributed by atoms with Crippen LogP contribution in [0.2, 0.25) is 5.02 Å². The van der Waals surface area contributed by atoms with E-state index in [0.29, 0.717) is 23.9 Å². The highest BCUT2D eigenvalue weighted by atomic mass is 35.5. The van der Waals surface area contributed by atoms with Crippen LogP contribution in [0.3, 0.4) is 0 Å². The van der Waals surface area contributed by atoms with E-state index in [0.717, 1.165) is 16.8 Å². The zero-order chi connectivity index (χ0) is 19.7. The van der Waals surface area contributed by atoms with Gasteiger partial charge in [0.05, 0.1) is 24.9 Å². The molecule has 5 nitrogen and oxygen atoms in total. The molecule has 2 heterocycles. The molecule has 0 fully saturated rings. The second-order valence-electron chi connectivity index (χ2n) is 6.80. The van der Waals surface area contributed by atoms with Gasteiger partial charge in [-0.3, -0.25) is 9.48 Å². The van der Waals surface area contributed by atoms with Gasteiger partial charge < -0.3 is 10.1 Å². The first-order chi connectivity index (χ1) is 13.5. The van der Waals surface area contributed by atoms with Crippen LogP contribution in [0.15, 0.2) is 54.6 Å². The standard InChI is InChI=1S/C21H19ClFN3O2/c1-13(14-4-8-17(23)9-5-14)24-21(27)19-10-18-12-28-20(11-26(18)25-19)15-2-6-16(22)7-3-15/h2-10,13,20H,11-12H2,1H3,(H,24,27)/t13-,20-/m0/s1. The average Bonchev–Trinajstić information content (AvgIpc) is 3.12. The Kier molecular flexibility index (Phi) is 5.15. The largest absolute Gasteiger partial charge is 0.365 e. The summed E-state index contributed by atoms with van der Waals surface area (Å²) < 4.78 is 20.8. The fourth-order valence-corrected chi connectivity index (χ4v) is 3.35. The Morgan fingerprint density at radius 1 is 1.25 bits per heavy atom. The van der Waals surface area contributed by atoms with E-state index in [1.807, 2.05) is 31.2 Å². The number of benzene rings is 2. The molecule has 1 aromatic heterocycles. The summed E-state index contributed by atoms with van der Waals surface area (Å²) >= 11 is 5.94. The number of ether oxygens (including phenoxy) is 1. The quantitative estimate of drug-likeness (QED) is 0.705. The molecule has 144 valence electrons. The van der Waals surface area contributed by atoms with Crippen molar-refractivity contribution < 1.29 is 13.9 Å². The lowest BCUT2D eigenvalue weighted by molar-refractivity contribution is -0.00119. The van der Waals surface area contributed by atoms with E-state index in [-0.39, 0.29) is 23.9 Å². The number of hydrogen-bond donors (Lipinski definition) is 1. The topological polar surface area (TPSA) is 56.2 Å². The van der Waals surface area contributed by atoms with Crippen LogP contribution < -0.4 is 5.32 Å². The summed E-state index contributed by atoms with van der Waals surface area (Å²) in [4.78, 5) is 12.6. The number of halogens is 2. The van der Waals surface area contributed by atoms with Crippen molar-refractivity contribution >= 4 is 17.5 Å². The normalized spacial score (nSPS) is 17.0. The van der Waals surface area contributed by atoms with Gasteiger partial charge in [-0.05, 0) is 48.4 Å². The van der Waals surface area contributed by atoms with Crippen LogP contribution in [0.25, 0.3) is 0 Å². The van der Waals surface area contributed by atoms with Crippen molar-refractivity contribution in [3.05, 3.63) is 88.0 Å². The lowest BCUT2D eigenvalue weighted by atomic mass is 10.1. The smallest absolute Gasteiger partial charge is 0.272 e. The zero-order valence-corrected chi connectivity index (χ0v) is 16.0. The number of rotatable bonds is 4. The van der Waals surface area contributed by atoms with E-state index in [2.05, 4.69) is 10.4 Å². The van der Waals surface area contributed by atoms with Crippen molar-refractivity contribution in [1.82, 2.24) is 15.1 Å². The van der Waals surface area contributed by atoms with Crippen LogP contribution in [-0.2, 0) is 17.9 Å². The second kappa shape index (κ2) is 7.73. The van der Waals surface area contributed by atoms with Gasteiger partial charge in [-0.15, -0.1) is 0 Å². The monoisotopic (exact) mass is 399 g/mol. The Labute approximate surface area is 167 Å². The summed E-state index contributed by atoms with van der Waals surface area (Å²) in [6.45, 7) is 2.75. The van der Waals surface area contributed by atoms with Crippen molar-refractivity contribution in [2.24, 2.45) is 0 Å². The Morgan fingerprint density at radius 2 is 1.96 bits per heavy atom. The predicted octanol–water partition coefficient (Wildman–Crippen LogP) is 4.44. The third kappa shape index (κ3) is 3.93. The molecule has 1 aliphatic heterocycles. The maximum absolute atomic E-state index is 13.1. The molecular weight excluding hydrogens is 381 g/mol. The molecule has 2 atom stereocenters. The van der Waals surface area contributed by atoms with Gasteiger partial charge in [0.2, 0.25) is 0 Å². The molecular formula is C21H19ClFN3O2. The van der Waals surface area contributed by atoms with Gasteiger partial charge in [0, 0.05) is 5.02 Å². The van der Waals surface area contributed by atoms with E-state index >= 15 is 0 Å². The first-order valence-electron chi connectivity index (χ1n) is 9.00. The fourth-order valence-electron chi connectivity index (χ4n) is 3.22. The van der Waals surface area contributed by atoms with E-state index in [1.165, 1.54) is 12.1 Å². The van der Waals surface area contributed by atoms with Crippen LogP contribution in [0.5, 0.6) is 0 Å². The van der Waals surface area contributed by atoms with E-state index in [1.54, 1.807) is 22.9 Å². The molecule has 0 bridgehead atoms. The Bertz CT molecular complexity index is 986. The highest BCUT2D eigenvalue weighted by Crippen LogP contribution is 2.27. The summed E-state index contributed by atoms with van der Waals surface area (Å²) in [5, 5.41) is 8.02. The van der Waals surface area contributed by atoms with Crippen LogP contribution in [0.1, 0.15) is 46.4 Å². The number of carbonyl (C=O) groups is 1. The molecule has 1 aliphatic rings. The van der Waals surface area contributed by atoms with Gasteiger partial charge >= 0.3 is 0 Å². The van der Waals surface area contributed by atoms with Gasteiger partial charge in [0.15, 0.2) is 5.69 Å². The molecule has 2 aromatic carbocycles. The SMILES string of the molecule is C[C@H](NC(=O)c1cc2n(n1)C[C@@H](c1ccc(Cl)cc1)OC2)c1ccc(F)cc1. The van der Waals surface area contributed by atoms with Crippen LogP contribution in [0, 0.1) is 5.82 Å². The number of aromatic nitrogens is 2. The van der Waals surface area contributed by atoms with Gasteiger partial charge in [-0.25, -0.2) is 4.39 Å². The Balaban J connectivity index is 1.45.